The van der Waals surface area contributed by atoms with Crippen molar-refractivity contribution < 1.29 is 22.8 Å². The molecule has 3 N–H and O–H groups in total. The Kier molecular flexibility index (Phi) is 6.48. The van der Waals surface area contributed by atoms with E-state index in [0.29, 0.717) is 18.8 Å². The fraction of sp³-hybridized carbons (Fsp3) is 0.333. The predicted octanol–water partition coefficient (Wildman–Crippen LogP) is 0.276. The normalized spacial score (nSPS) is 15.0. The Labute approximate surface area is 177 Å². The van der Waals surface area contributed by atoms with E-state index in [-0.39, 0.29) is 41.0 Å². The molecule has 1 fully saturated rings. The van der Waals surface area contributed by atoms with Crippen LogP contribution in [0.15, 0.2) is 34.5 Å². The zero-order chi connectivity index (χ0) is 21.9. The number of hydrogen-bond donors (Lipinski definition) is 2. The van der Waals surface area contributed by atoms with Gasteiger partial charge in [0.1, 0.15) is 0 Å². The van der Waals surface area contributed by atoms with E-state index in [0.717, 1.165) is 11.3 Å². The van der Waals surface area contributed by atoms with Gasteiger partial charge in [-0.25, -0.2) is 13.4 Å². The van der Waals surface area contributed by atoms with Crippen molar-refractivity contribution in [3.63, 3.8) is 0 Å². The molecule has 160 valence electrons. The number of amides is 3. The molecule has 1 saturated heterocycles. The summed E-state index contributed by atoms with van der Waals surface area (Å²) < 4.78 is 27.2. The number of anilines is 1. The van der Waals surface area contributed by atoms with E-state index in [1.807, 2.05) is 0 Å². The number of rotatable bonds is 6. The zero-order valence-electron chi connectivity index (χ0n) is 16.2. The second kappa shape index (κ2) is 8.90. The van der Waals surface area contributed by atoms with Crippen molar-refractivity contribution in [3.05, 3.63) is 40.9 Å². The van der Waals surface area contributed by atoms with Crippen LogP contribution in [0.4, 0.5) is 5.13 Å². The van der Waals surface area contributed by atoms with Gasteiger partial charge in [-0.05, 0) is 18.2 Å². The third-order valence-electron chi connectivity index (χ3n) is 4.55. The minimum absolute atomic E-state index is 0.0000174. The molecular weight excluding hydrogens is 430 g/mol. The lowest BCUT2D eigenvalue weighted by molar-refractivity contribution is -0.130. The summed E-state index contributed by atoms with van der Waals surface area (Å²) in [4.78, 5) is 40.6. The van der Waals surface area contributed by atoms with E-state index in [2.05, 4.69) is 10.3 Å². The number of nitrogens with one attached hydrogen (secondary N) is 1. The van der Waals surface area contributed by atoms with Gasteiger partial charge in [-0.15, -0.1) is 11.3 Å². The van der Waals surface area contributed by atoms with Crippen LogP contribution < -0.4 is 11.1 Å². The molecule has 0 bridgehead atoms. The van der Waals surface area contributed by atoms with Crippen LogP contribution in [-0.4, -0.2) is 66.5 Å². The molecule has 1 aromatic heterocycles. The first-order valence-corrected chi connectivity index (χ1v) is 11.4. The van der Waals surface area contributed by atoms with E-state index in [1.165, 1.54) is 35.5 Å². The molecule has 0 saturated carbocycles. The quantitative estimate of drug-likeness (QED) is 0.646. The van der Waals surface area contributed by atoms with Gasteiger partial charge in [-0.3, -0.25) is 19.7 Å². The Morgan fingerprint density at radius 3 is 2.53 bits per heavy atom. The highest BCUT2D eigenvalue weighted by Crippen LogP contribution is 2.21. The first-order chi connectivity index (χ1) is 14.2. The molecule has 2 aromatic rings. The summed E-state index contributed by atoms with van der Waals surface area (Å²) >= 11 is 1.14. The summed E-state index contributed by atoms with van der Waals surface area (Å²) in [5.41, 5.74) is 5.73. The number of nitrogens with zero attached hydrogens (tertiary/aromatic N) is 3. The molecule has 1 aliphatic rings. The number of carbonyl (C=O) groups is 3. The minimum atomic E-state index is -3.80. The summed E-state index contributed by atoms with van der Waals surface area (Å²) in [6, 6.07) is 5.73. The molecule has 0 spiro atoms. The number of nitrogens with two attached hydrogens (primary N) is 1. The van der Waals surface area contributed by atoms with Gasteiger partial charge < -0.3 is 10.6 Å². The van der Waals surface area contributed by atoms with E-state index >= 15 is 0 Å². The van der Waals surface area contributed by atoms with Gasteiger partial charge in [-0.1, -0.05) is 6.07 Å². The first-order valence-electron chi connectivity index (χ1n) is 9.06. The average molecular weight is 452 g/mol. The van der Waals surface area contributed by atoms with E-state index in [1.54, 1.807) is 10.3 Å². The highest BCUT2D eigenvalue weighted by Gasteiger charge is 2.29. The molecular formula is C18H21N5O5S2. The van der Waals surface area contributed by atoms with Gasteiger partial charge in [0.05, 0.1) is 17.0 Å². The fourth-order valence-electron chi connectivity index (χ4n) is 2.98. The Morgan fingerprint density at radius 1 is 1.20 bits per heavy atom. The van der Waals surface area contributed by atoms with Crippen molar-refractivity contribution in [3.8, 4) is 0 Å². The van der Waals surface area contributed by atoms with Crippen LogP contribution >= 0.6 is 11.3 Å². The molecule has 1 aliphatic heterocycles. The molecule has 0 aliphatic carbocycles. The summed E-state index contributed by atoms with van der Waals surface area (Å²) in [5, 5.41) is 4.49. The van der Waals surface area contributed by atoms with Gasteiger partial charge >= 0.3 is 0 Å². The third kappa shape index (κ3) is 5.01. The molecule has 30 heavy (non-hydrogen) atoms. The molecule has 12 heteroatoms. The highest BCUT2D eigenvalue weighted by atomic mass is 32.2. The summed E-state index contributed by atoms with van der Waals surface area (Å²) in [5.74, 6) is -1.14. The molecule has 0 radical (unpaired) electrons. The molecule has 0 atom stereocenters. The van der Waals surface area contributed by atoms with Crippen molar-refractivity contribution in [2.75, 3.05) is 31.5 Å². The number of primary amides is 1. The standard InChI is InChI=1S/C18H21N5O5S2/c1-12(24)22-5-7-23(8-6-22)30(27,28)15-4-2-3-13(9-15)17(26)21-18-20-14(11-29-18)10-16(19)25/h2-4,9,11H,5-8,10H2,1H3,(H2,19,25)(H,20,21,26). The molecule has 10 nitrogen and oxygen atoms in total. The summed E-state index contributed by atoms with van der Waals surface area (Å²) in [7, 11) is -3.80. The van der Waals surface area contributed by atoms with Gasteiger partial charge in [0.2, 0.25) is 21.8 Å². The average Bonchev–Trinajstić information content (AvgIpc) is 3.14. The maximum Gasteiger partial charge on any atom is 0.257 e. The minimum Gasteiger partial charge on any atom is -0.369 e. The van der Waals surface area contributed by atoms with Crippen LogP contribution in [0.1, 0.15) is 23.0 Å². The molecule has 3 rings (SSSR count). The largest absolute Gasteiger partial charge is 0.369 e. The highest BCUT2D eigenvalue weighted by molar-refractivity contribution is 7.89. The van der Waals surface area contributed by atoms with E-state index in [4.69, 9.17) is 5.73 Å². The number of sulfonamides is 1. The van der Waals surface area contributed by atoms with Crippen molar-refractivity contribution in [2.24, 2.45) is 5.73 Å². The number of thiazole rings is 1. The Hall–Kier alpha value is -2.83. The monoisotopic (exact) mass is 451 g/mol. The van der Waals surface area contributed by atoms with Crippen molar-refractivity contribution >= 4 is 44.2 Å². The second-order valence-electron chi connectivity index (χ2n) is 6.68. The van der Waals surface area contributed by atoms with Crippen molar-refractivity contribution in [1.82, 2.24) is 14.2 Å². The van der Waals surface area contributed by atoms with Gasteiger partial charge in [-0.2, -0.15) is 4.31 Å². The van der Waals surface area contributed by atoms with Crippen molar-refractivity contribution in [2.45, 2.75) is 18.2 Å². The van der Waals surface area contributed by atoms with Crippen LogP contribution in [0.3, 0.4) is 0 Å². The summed E-state index contributed by atoms with van der Waals surface area (Å²) in [6.07, 6.45) is -0.0308. The second-order valence-corrected chi connectivity index (χ2v) is 9.48. The number of carbonyl (C=O) groups excluding carboxylic acids is 3. The summed E-state index contributed by atoms with van der Waals surface area (Å²) in [6.45, 7) is 2.49. The SMILES string of the molecule is CC(=O)N1CCN(S(=O)(=O)c2cccc(C(=O)Nc3nc(CC(N)=O)cs3)c2)CC1. The molecule has 3 amide bonds. The Morgan fingerprint density at radius 2 is 1.90 bits per heavy atom. The van der Waals surface area contributed by atoms with Crippen LogP contribution in [0.25, 0.3) is 0 Å². The number of aromatic nitrogens is 1. The van der Waals surface area contributed by atoms with Gasteiger partial charge in [0, 0.05) is 44.0 Å². The molecule has 2 heterocycles. The van der Waals surface area contributed by atoms with Crippen LogP contribution in [0, 0.1) is 0 Å². The van der Waals surface area contributed by atoms with Crippen LogP contribution in [-0.2, 0) is 26.0 Å². The maximum atomic E-state index is 12.9. The van der Waals surface area contributed by atoms with Crippen LogP contribution in [0.5, 0.6) is 0 Å². The van der Waals surface area contributed by atoms with E-state index in [9.17, 15) is 22.8 Å². The molecule has 0 unspecified atom stereocenters. The molecule has 1 aromatic carbocycles. The lowest BCUT2D eigenvalue weighted by atomic mass is 10.2. The van der Waals surface area contributed by atoms with Crippen molar-refractivity contribution in [1.29, 1.82) is 0 Å². The fourth-order valence-corrected chi connectivity index (χ4v) is 5.16. The smallest absolute Gasteiger partial charge is 0.257 e. The lowest BCUT2D eigenvalue weighted by Crippen LogP contribution is -2.49. The van der Waals surface area contributed by atoms with E-state index < -0.39 is 21.8 Å². The lowest BCUT2D eigenvalue weighted by Gasteiger charge is -2.33. The maximum absolute atomic E-state index is 12.9. The topological polar surface area (TPSA) is 143 Å². The number of benzene rings is 1. The number of piperazine rings is 1. The predicted molar refractivity (Wildman–Crippen MR) is 110 cm³/mol. The Bertz CT molecular complexity index is 1070. The number of hydrogen-bond acceptors (Lipinski definition) is 7. The van der Waals surface area contributed by atoms with Gasteiger partial charge in [0.15, 0.2) is 5.13 Å². The zero-order valence-corrected chi connectivity index (χ0v) is 17.8. The van der Waals surface area contributed by atoms with Crippen LogP contribution in [0.2, 0.25) is 0 Å². The Balaban J connectivity index is 1.72. The first kappa shape index (κ1) is 21.9. The van der Waals surface area contributed by atoms with Gasteiger partial charge in [0.25, 0.3) is 5.91 Å². The third-order valence-corrected chi connectivity index (χ3v) is 7.25.